The number of aromatic nitrogens is 4. The topological polar surface area (TPSA) is 93.5 Å². The number of hydrogen-bond acceptors (Lipinski definition) is 7. The van der Waals surface area contributed by atoms with Gasteiger partial charge in [0.15, 0.2) is 0 Å². The largest absolute Gasteiger partial charge is 0.372 e. The summed E-state index contributed by atoms with van der Waals surface area (Å²) in [6, 6.07) is 0.0306. The van der Waals surface area contributed by atoms with E-state index in [9.17, 15) is 10.1 Å². The minimum atomic E-state index is -0.413. The first-order valence-corrected chi connectivity index (χ1v) is 7.84. The average molecular weight is 335 g/mol. The van der Waals surface area contributed by atoms with Crippen molar-refractivity contribution in [3.8, 4) is 0 Å². The molecular weight excluding hydrogens is 318 g/mol. The maximum absolute atomic E-state index is 11.3. The molecule has 0 saturated heterocycles. The average Bonchev–Trinajstić information content (AvgIpc) is 3.13. The van der Waals surface area contributed by atoms with Crippen LogP contribution in [0.3, 0.4) is 0 Å². The molecular formula is C13H17N7O2S. The van der Waals surface area contributed by atoms with Gasteiger partial charge in [-0.1, -0.05) is 11.3 Å². The lowest BCUT2D eigenvalue weighted by Gasteiger charge is -2.23. The predicted molar refractivity (Wildman–Crippen MR) is 87.8 cm³/mol. The van der Waals surface area contributed by atoms with Gasteiger partial charge in [0.2, 0.25) is 5.82 Å². The molecule has 0 amide bonds. The lowest BCUT2D eigenvalue weighted by atomic mass is 10.1. The van der Waals surface area contributed by atoms with Gasteiger partial charge in [0, 0.05) is 30.7 Å². The Morgan fingerprint density at radius 1 is 1.52 bits per heavy atom. The lowest BCUT2D eigenvalue weighted by molar-refractivity contribution is -0.389. The fraction of sp³-hybridized carbons (Fsp3) is 0.385. The van der Waals surface area contributed by atoms with E-state index in [1.165, 1.54) is 15.7 Å². The van der Waals surface area contributed by atoms with Crippen molar-refractivity contribution in [2.45, 2.75) is 6.04 Å². The second kappa shape index (κ2) is 5.97. The van der Waals surface area contributed by atoms with Crippen LogP contribution in [0.2, 0.25) is 0 Å². The number of hydrogen-bond donors (Lipinski definition) is 1. The highest BCUT2D eigenvalue weighted by atomic mass is 32.1. The first-order valence-electron chi connectivity index (χ1n) is 6.96. The van der Waals surface area contributed by atoms with E-state index < -0.39 is 4.92 Å². The molecule has 3 heterocycles. The Hall–Kier alpha value is -2.46. The molecule has 0 aromatic carbocycles. The molecule has 0 spiro atoms. The fourth-order valence-electron chi connectivity index (χ4n) is 2.47. The highest BCUT2D eigenvalue weighted by molar-refractivity contribution is 7.15. The van der Waals surface area contributed by atoms with Gasteiger partial charge in [-0.05, 0) is 19.0 Å². The zero-order chi connectivity index (χ0) is 16.6. The summed E-state index contributed by atoms with van der Waals surface area (Å²) >= 11 is 1.36. The normalized spacial score (nSPS) is 12.9. The van der Waals surface area contributed by atoms with Gasteiger partial charge in [0.1, 0.15) is 6.20 Å². The van der Waals surface area contributed by atoms with E-state index >= 15 is 0 Å². The Morgan fingerprint density at radius 3 is 2.91 bits per heavy atom. The second-order valence-electron chi connectivity index (χ2n) is 5.40. The van der Waals surface area contributed by atoms with Crippen molar-refractivity contribution in [2.75, 3.05) is 26.0 Å². The fourth-order valence-corrected chi connectivity index (χ4v) is 3.18. The number of nitrogens with zero attached hydrogens (tertiary/aromatic N) is 6. The molecule has 3 aromatic heterocycles. The van der Waals surface area contributed by atoms with Crippen molar-refractivity contribution >= 4 is 27.9 Å². The second-order valence-corrected chi connectivity index (χ2v) is 6.28. The molecule has 0 radical (unpaired) electrons. The van der Waals surface area contributed by atoms with Gasteiger partial charge >= 0.3 is 5.82 Å². The van der Waals surface area contributed by atoms with E-state index in [0.29, 0.717) is 11.5 Å². The van der Waals surface area contributed by atoms with Crippen molar-refractivity contribution in [2.24, 2.45) is 7.05 Å². The SMILES string of the molecule is CN(C)C(CNc1nc2sccn2c1[N+](=O)[O-])c1cnn(C)c1. The maximum Gasteiger partial charge on any atom is 0.372 e. The summed E-state index contributed by atoms with van der Waals surface area (Å²) in [5.74, 6) is 0.252. The Kier molecular flexibility index (Phi) is 4.01. The van der Waals surface area contributed by atoms with E-state index in [1.54, 1.807) is 22.5 Å². The van der Waals surface area contributed by atoms with Crippen LogP contribution in [0, 0.1) is 10.1 Å². The van der Waals surface area contributed by atoms with Crippen LogP contribution in [0.5, 0.6) is 0 Å². The van der Waals surface area contributed by atoms with Gasteiger partial charge in [0.05, 0.1) is 12.2 Å². The molecule has 23 heavy (non-hydrogen) atoms. The van der Waals surface area contributed by atoms with E-state index in [2.05, 4.69) is 15.4 Å². The van der Waals surface area contributed by atoms with Crippen LogP contribution < -0.4 is 5.32 Å². The molecule has 0 bridgehead atoms. The highest BCUT2D eigenvalue weighted by Gasteiger charge is 2.25. The minimum Gasteiger partial charge on any atom is -0.361 e. The molecule has 1 N–H and O–H groups in total. The van der Waals surface area contributed by atoms with Crippen LogP contribution in [-0.4, -0.2) is 49.6 Å². The standard InChI is InChI=1S/C13H17N7O2S/c1-17(2)10(9-6-15-18(3)8-9)7-14-11-12(20(21)22)19-4-5-23-13(19)16-11/h4-6,8,10,14H,7H2,1-3H3. The number of nitrogens with one attached hydrogen (secondary N) is 1. The summed E-state index contributed by atoms with van der Waals surface area (Å²) in [4.78, 5) is 17.9. The van der Waals surface area contributed by atoms with Crippen LogP contribution >= 0.6 is 11.3 Å². The number of anilines is 1. The number of likely N-dealkylation sites (N-methyl/N-ethyl adjacent to an activating group) is 1. The first-order chi connectivity index (χ1) is 11.0. The molecule has 1 unspecified atom stereocenters. The monoisotopic (exact) mass is 335 g/mol. The zero-order valence-electron chi connectivity index (χ0n) is 13.0. The van der Waals surface area contributed by atoms with Crippen molar-refractivity contribution < 1.29 is 4.92 Å². The summed E-state index contributed by atoms with van der Waals surface area (Å²) in [6.45, 7) is 0.490. The zero-order valence-corrected chi connectivity index (χ0v) is 13.8. The number of rotatable bonds is 6. The predicted octanol–water partition coefficient (Wildman–Crippen LogP) is 1.75. The molecule has 0 aliphatic rings. The molecule has 0 fully saturated rings. The van der Waals surface area contributed by atoms with Crippen molar-refractivity contribution in [1.29, 1.82) is 0 Å². The molecule has 0 aliphatic carbocycles. The smallest absolute Gasteiger partial charge is 0.361 e. The van der Waals surface area contributed by atoms with Crippen molar-refractivity contribution in [1.82, 2.24) is 24.1 Å². The van der Waals surface area contributed by atoms with E-state index in [1.807, 2.05) is 32.2 Å². The summed E-state index contributed by atoms with van der Waals surface area (Å²) in [5, 5.41) is 20.4. The number of fused-ring (bicyclic) bond motifs is 1. The summed E-state index contributed by atoms with van der Waals surface area (Å²) in [6.07, 6.45) is 5.39. The molecule has 9 nitrogen and oxygen atoms in total. The Labute approximate surface area is 136 Å². The maximum atomic E-state index is 11.3. The summed E-state index contributed by atoms with van der Waals surface area (Å²) in [7, 11) is 5.77. The van der Waals surface area contributed by atoms with Gasteiger partial charge < -0.3 is 20.3 Å². The Morgan fingerprint density at radius 2 is 2.30 bits per heavy atom. The number of thiazole rings is 1. The van der Waals surface area contributed by atoms with Crippen LogP contribution in [-0.2, 0) is 7.05 Å². The van der Waals surface area contributed by atoms with E-state index in [-0.39, 0.29) is 17.7 Å². The molecule has 0 aliphatic heterocycles. The third-order valence-electron chi connectivity index (χ3n) is 3.61. The third kappa shape index (κ3) is 2.90. The van der Waals surface area contributed by atoms with Crippen LogP contribution in [0.1, 0.15) is 11.6 Å². The van der Waals surface area contributed by atoms with Crippen LogP contribution in [0.25, 0.3) is 4.96 Å². The van der Waals surface area contributed by atoms with E-state index in [4.69, 9.17) is 0 Å². The Balaban J connectivity index is 1.85. The number of nitro groups is 1. The van der Waals surface area contributed by atoms with Gasteiger partial charge in [0.25, 0.3) is 4.96 Å². The highest BCUT2D eigenvalue weighted by Crippen LogP contribution is 2.29. The summed E-state index contributed by atoms with van der Waals surface area (Å²) < 4.78 is 3.22. The van der Waals surface area contributed by atoms with Gasteiger partial charge in [-0.2, -0.15) is 14.5 Å². The minimum absolute atomic E-state index is 0.0306. The van der Waals surface area contributed by atoms with Crippen LogP contribution in [0.15, 0.2) is 24.0 Å². The molecule has 122 valence electrons. The number of imidazole rings is 1. The van der Waals surface area contributed by atoms with Gasteiger partial charge in [-0.25, -0.2) is 0 Å². The molecule has 3 rings (SSSR count). The first kappa shape index (κ1) is 15.4. The molecule has 3 aromatic rings. The molecule has 1 atom stereocenters. The number of aryl methyl sites for hydroxylation is 1. The molecule has 0 saturated carbocycles. The van der Waals surface area contributed by atoms with Crippen LogP contribution in [0.4, 0.5) is 11.6 Å². The van der Waals surface area contributed by atoms with Crippen molar-refractivity contribution in [3.05, 3.63) is 39.6 Å². The van der Waals surface area contributed by atoms with Crippen molar-refractivity contribution in [3.63, 3.8) is 0 Å². The quantitative estimate of drug-likeness (QED) is 0.545. The third-order valence-corrected chi connectivity index (χ3v) is 4.36. The van der Waals surface area contributed by atoms with Gasteiger partial charge in [-0.3, -0.25) is 4.68 Å². The van der Waals surface area contributed by atoms with Gasteiger partial charge in [-0.15, -0.1) is 0 Å². The Bertz CT molecular complexity index is 834. The van der Waals surface area contributed by atoms with E-state index in [0.717, 1.165) is 5.56 Å². The summed E-state index contributed by atoms with van der Waals surface area (Å²) in [5.41, 5.74) is 1.04. The lowest BCUT2D eigenvalue weighted by Crippen LogP contribution is -2.26. The molecule has 10 heteroatoms.